The fraction of sp³-hybridized carbons (Fsp3) is 0.381. The van der Waals surface area contributed by atoms with Crippen LogP contribution in [-0.2, 0) is 4.79 Å². The number of anilines is 1. The van der Waals surface area contributed by atoms with Crippen molar-refractivity contribution >= 4 is 11.6 Å². The summed E-state index contributed by atoms with van der Waals surface area (Å²) in [5.41, 5.74) is 8.39. The van der Waals surface area contributed by atoms with Gasteiger partial charge in [-0.15, -0.1) is 0 Å². The first-order valence-electron chi connectivity index (χ1n) is 8.90. The van der Waals surface area contributed by atoms with Crippen LogP contribution in [0.3, 0.4) is 0 Å². The molecule has 3 N–H and O–H groups in total. The first-order valence-corrected chi connectivity index (χ1v) is 8.90. The van der Waals surface area contributed by atoms with Crippen molar-refractivity contribution in [3.05, 3.63) is 59.7 Å². The van der Waals surface area contributed by atoms with E-state index in [1.807, 2.05) is 50.2 Å². The Kier molecular flexibility index (Phi) is 5.09. The third-order valence-electron chi connectivity index (χ3n) is 4.98. The molecule has 0 spiro atoms. The van der Waals surface area contributed by atoms with Crippen LogP contribution in [-0.4, -0.2) is 11.4 Å². The van der Waals surface area contributed by atoms with Gasteiger partial charge in [0.05, 0.1) is 5.54 Å². The van der Waals surface area contributed by atoms with E-state index < -0.39 is 5.54 Å². The van der Waals surface area contributed by atoms with E-state index in [9.17, 15) is 4.79 Å². The Balaban J connectivity index is 1.67. The minimum absolute atomic E-state index is 0.0353. The summed E-state index contributed by atoms with van der Waals surface area (Å²) in [5.74, 6) is 0.703. The Morgan fingerprint density at radius 2 is 1.84 bits per heavy atom. The zero-order valence-corrected chi connectivity index (χ0v) is 14.9. The van der Waals surface area contributed by atoms with Crippen molar-refractivity contribution in [2.75, 3.05) is 5.32 Å². The summed E-state index contributed by atoms with van der Waals surface area (Å²) in [7, 11) is 0. The molecule has 25 heavy (non-hydrogen) atoms. The van der Waals surface area contributed by atoms with Crippen LogP contribution in [0.2, 0.25) is 0 Å². The molecule has 4 heteroatoms. The SMILES string of the molecule is Cc1cc(OC(C)c2ccccc2)ccc1NC(=O)C1(N)CCCC1. The summed E-state index contributed by atoms with van der Waals surface area (Å²) in [6.07, 6.45) is 3.52. The average molecular weight is 338 g/mol. The normalized spacial score (nSPS) is 17.1. The molecule has 0 aliphatic heterocycles. The molecule has 2 aromatic rings. The Hall–Kier alpha value is -2.33. The van der Waals surface area contributed by atoms with Crippen LogP contribution in [0.4, 0.5) is 5.69 Å². The minimum Gasteiger partial charge on any atom is -0.486 e. The van der Waals surface area contributed by atoms with Gasteiger partial charge in [-0.1, -0.05) is 43.2 Å². The summed E-state index contributed by atoms with van der Waals surface area (Å²) in [4.78, 5) is 12.5. The van der Waals surface area contributed by atoms with Gasteiger partial charge < -0.3 is 15.8 Å². The summed E-state index contributed by atoms with van der Waals surface area (Å²) < 4.78 is 6.02. The molecule has 0 radical (unpaired) electrons. The second kappa shape index (κ2) is 7.28. The van der Waals surface area contributed by atoms with Crippen LogP contribution in [0, 0.1) is 6.92 Å². The molecule has 3 rings (SSSR count). The van der Waals surface area contributed by atoms with Crippen LogP contribution in [0.1, 0.15) is 49.8 Å². The van der Waals surface area contributed by atoms with Crippen molar-refractivity contribution in [2.45, 2.75) is 51.2 Å². The molecular weight excluding hydrogens is 312 g/mol. The number of hydrogen-bond donors (Lipinski definition) is 2. The molecular formula is C21H26N2O2. The topological polar surface area (TPSA) is 64.3 Å². The van der Waals surface area contributed by atoms with Crippen LogP contribution >= 0.6 is 0 Å². The highest BCUT2D eigenvalue weighted by Crippen LogP contribution is 2.30. The lowest BCUT2D eigenvalue weighted by Gasteiger charge is -2.23. The predicted molar refractivity (Wildman–Crippen MR) is 101 cm³/mol. The van der Waals surface area contributed by atoms with E-state index in [0.717, 1.165) is 48.2 Å². The van der Waals surface area contributed by atoms with Gasteiger partial charge in [0.25, 0.3) is 0 Å². The number of ether oxygens (including phenoxy) is 1. The quantitative estimate of drug-likeness (QED) is 0.852. The number of aryl methyl sites for hydroxylation is 1. The molecule has 1 aliphatic carbocycles. The smallest absolute Gasteiger partial charge is 0.244 e. The van der Waals surface area contributed by atoms with Crippen molar-refractivity contribution in [1.29, 1.82) is 0 Å². The van der Waals surface area contributed by atoms with Crippen molar-refractivity contribution in [2.24, 2.45) is 5.73 Å². The zero-order valence-electron chi connectivity index (χ0n) is 14.9. The fourth-order valence-electron chi connectivity index (χ4n) is 3.33. The molecule has 0 saturated heterocycles. The Morgan fingerprint density at radius 3 is 2.48 bits per heavy atom. The number of carbonyl (C=O) groups is 1. The van der Waals surface area contributed by atoms with Gasteiger partial charge in [-0.25, -0.2) is 0 Å². The molecule has 1 unspecified atom stereocenters. The van der Waals surface area contributed by atoms with Gasteiger partial charge in [-0.05, 0) is 56.0 Å². The number of amides is 1. The lowest BCUT2D eigenvalue weighted by atomic mass is 9.98. The standard InChI is InChI=1S/C21H26N2O2/c1-15-14-18(25-16(2)17-8-4-3-5-9-17)10-11-19(15)23-20(24)21(22)12-6-7-13-21/h3-5,8-11,14,16H,6-7,12-13,22H2,1-2H3,(H,23,24). The van der Waals surface area contributed by atoms with Crippen molar-refractivity contribution in [3.63, 3.8) is 0 Å². The second-order valence-corrected chi connectivity index (χ2v) is 6.96. The van der Waals surface area contributed by atoms with Crippen molar-refractivity contribution < 1.29 is 9.53 Å². The number of hydrogen-bond acceptors (Lipinski definition) is 3. The van der Waals surface area contributed by atoms with E-state index in [4.69, 9.17) is 10.5 Å². The van der Waals surface area contributed by atoms with Gasteiger partial charge in [-0.2, -0.15) is 0 Å². The number of carbonyl (C=O) groups excluding carboxylic acids is 1. The Bertz CT molecular complexity index is 737. The van der Waals surface area contributed by atoms with Crippen LogP contribution in [0.15, 0.2) is 48.5 Å². The third-order valence-corrected chi connectivity index (χ3v) is 4.98. The largest absolute Gasteiger partial charge is 0.486 e. The summed E-state index contributed by atoms with van der Waals surface area (Å²) >= 11 is 0. The maximum absolute atomic E-state index is 12.5. The Labute approximate surface area is 149 Å². The van der Waals surface area contributed by atoms with Gasteiger partial charge >= 0.3 is 0 Å². The number of benzene rings is 2. The van der Waals surface area contributed by atoms with E-state index in [1.165, 1.54) is 0 Å². The maximum atomic E-state index is 12.5. The first-order chi connectivity index (χ1) is 12.0. The van der Waals surface area contributed by atoms with Gasteiger partial charge in [0.1, 0.15) is 11.9 Å². The lowest BCUT2D eigenvalue weighted by molar-refractivity contribution is -0.121. The zero-order chi connectivity index (χ0) is 17.9. The molecule has 1 aliphatic rings. The number of nitrogens with one attached hydrogen (secondary N) is 1. The monoisotopic (exact) mass is 338 g/mol. The highest BCUT2D eigenvalue weighted by atomic mass is 16.5. The maximum Gasteiger partial charge on any atom is 0.244 e. The molecule has 2 aromatic carbocycles. The highest BCUT2D eigenvalue weighted by Gasteiger charge is 2.37. The third kappa shape index (κ3) is 4.02. The van der Waals surface area contributed by atoms with E-state index >= 15 is 0 Å². The van der Waals surface area contributed by atoms with E-state index in [-0.39, 0.29) is 12.0 Å². The van der Waals surface area contributed by atoms with Crippen molar-refractivity contribution in [3.8, 4) is 5.75 Å². The van der Waals surface area contributed by atoms with Gasteiger partial charge in [-0.3, -0.25) is 4.79 Å². The molecule has 1 saturated carbocycles. The Morgan fingerprint density at radius 1 is 1.16 bits per heavy atom. The highest BCUT2D eigenvalue weighted by molar-refractivity contribution is 5.98. The number of nitrogens with two attached hydrogens (primary N) is 1. The average Bonchev–Trinajstić information content (AvgIpc) is 3.06. The predicted octanol–water partition coefficient (Wildman–Crippen LogP) is 4.35. The molecule has 4 nitrogen and oxygen atoms in total. The van der Waals surface area contributed by atoms with Crippen LogP contribution in [0.5, 0.6) is 5.75 Å². The number of rotatable bonds is 5. The van der Waals surface area contributed by atoms with E-state index in [1.54, 1.807) is 0 Å². The summed E-state index contributed by atoms with van der Waals surface area (Å²) in [6, 6.07) is 15.8. The molecule has 1 amide bonds. The van der Waals surface area contributed by atoms with Crippen LogP contribution in [0.25, 0.3) is 0 Å². The minimum atomic E-state index is -0.719. The van der Waals surface area contributed by atoms with Gasteiger partial charge in [0.2, 0.25) is 5.91 Å². The lowest BCUT2D eigenvalue weighted by Crippen LogP contribution is -2.48. The molecule has 1 atom stereocenters. The first kappa shape index (κ1) is 17.5. The molecule has 132 valence electrons. The molecule has 0 heterocycles. The van der Waals surface area contributed by atoms with E-state index in [0.29, 0.717) is 0 Å². The molecule has 0 bridgehead atoms. The fourth-order valence-corrected chi connectivity index (χ4v) is 3.33. The van der Waals surface area contributed by atoms with Crippen LogP contribution < -0.4 is 15.8 Å². The van der Waals surface area contributed by atoms with E-state index in [2.05, 4.69) is 17.4 Å². The second-order valence-electron chi connectivity index (χ2n) is 6.96. The van der Waals surface area contributed by atoms with Gasteiger partial charge in [0, 0.05) is 5.69 Å². The van der Waals surface area contributed by atoms with Gasteiger partial charge in [0.15, 0.2) is 0 Å². The molecule has 1 fully saturated rings. The molecule has 0 aromatic heterocycles. The van der Waals surface area contributed by atoms with Crippen molar-refractivity contribution in [1.82, 2.24) is 0 Å². The summed E-state index contributed by atoms with van der Waals surface area (Å²) in [6.45, 7) is 3.99. The summed E-state index contributed by atoms with van der Waals surface area (Å²) in [5, 5.41) is 2.99.